The fraction of sp³-hybridized carbons (Fsp3) is 0. The molecule has 250 valence electrons. The van der Waals surface area contributed by atoms with Crippen LogP contribution in [0.15, 0.2) is 224 Å². The second kappa shape index (κ2) is 14.3. The van der Waals surface area contributed by atoms with Crippen LogP contribution in [0.5, 0.6) is 0 Å². The zero-order valence-corrected chi connectivity index (χ0v) is 29.3. The predicted octanol–water partition coefficient (Wildman–Crippen LogP) is 14.6. The van der Waals surface area contributed by atoms with Gasteiger partial charge in [-0.1, -0.05) is 194 Å². The smallest absolute Gasteiger partial charge is 0.0540 e. The van der Waals surface area contributed by atoms with Gasteiger partial charge in [0.25, 0.3) is 0 Å². The summed E-state index contributed by atoms with van der Waals surface area (Å²) in [6.07, 6.45) is 0. The minimum atomic E-state index is 1.10. The second-order valence-electron chi connectivity index (χ2n) is 13.3. The zero-order chi connectivity index (χ0) is 35.4. The molecule has 0 amide bonds. The van der Waals surface area contributed by atoms with Gasteiger partial charge in [0.05, 0.1) is 5.69 Å². The number of hydrogen-bond donors (Lipinski definition) is 0. The molecule has 0 bridgehead atoms. The van der Waals surface area contributed by atoms with Crippen LogP contribution in [0.2, 0.25) is 0 Å². The molecule has 0 spiro atoms. The predicted molar refractivity (Wildman–Crippen MR) is 226 cm³/mol. The maximum atomic E-state index is 2.42. The molecule has 53 heavy (non-hydrogen) atoms. The molecule has 9 aromatic carbocycles. The Bertz CT molecular complexity index is 2640. The Morgan fingerprint density at radius 1 is 0.245 bits per heavy atom. The molecule has 1 nitrogen and oxygen atoms in total. The van der Waals surface area contributed by atoms with Crippen molar-refractivity contribution < 1.29 is 0 Å². The van der Waals surface area contributed by atoms with E-state index in [0.29, 0.717) is 0 Å². The lowest BCUT2D eigenvalue weighted by Crippen LogP contribution is -2.11. The van der Waals surface area contributed by atoms with E-state index < -0.39 is 0 Å². The highest BCUT2D eigenvalue weighted by atomic mass is 15.1. The van der Waals surface area contributed by atoms with Crippen molar-refractivity contribution >= 4 is 27.8 Å². The Morgan fingerprint density at radius 3 is 1.42 bits per heavy atom. The van der Waals surface area contributed by atoms with Gasteiger partial charge in [0.15, 0.2) is 0 Å². The molecule has 0 saturated carbocycles. The van der Waals surface area contributed by atoms with E-state index in [2.05, 4.69) is 229 Å². The third kappa shape index (κ3) is 6.30. The minimum Gasteiger partial charge on any atom is -0.310 e. The largest absolute Gasteiger partial charge is 0.310 e. The highest BCUT2D eigenvalue weighted by Crippen LogP contribution is 2.48. The maximum absolute atomic E-state index is 2.42. The van der Waals surface area contributed by atoms with E-state index in [1.807, 2.05) is 0 Å². The van der Waals surface area contributed by atoms with Gasteiger partial charge in [-0.25, -0.2) is 0 Å². The van der Waals surface area contributed by atoms with Crippen molar-refractivity contribution in [2.24, 2.45) is 0 Å². The van der Waals surface area contributed by atoms with Crippen LogP contribution in [0, 0.1) is 0 Å². The lowest BCUT2D eigenvalue weighted by molar-refractivity contribution is 1.29. The van der Waals surface area contributed by atoms with E-state index in [0.717, 1.165) is 22.6 Å². The third-order valence-electron chi connectivity index (χ3n) is 10.1. The summed E-state index contributed by atoms with van der Waals surface area (Å²) >= 11 is 0. The normalized spacial score (nSPS) is 11.0. The first-order chi connectivity index (χ1) is 26.3. The first kappa shape index (κ1) is 32.0. The lowest BCUT2D eigenvalue weighted by atomic mass is 9.84. The lowest BCUT2D eigenvalue weighted by Gasteiger charge is -2.29. The highest BCUT2D eigenvalue weighted by Gasteiger charge is 2.22. The molecule has 0 radical (unpaired) electrons. The van der Waals surface area contributed by atoms with Crippen molar-refractivity contribution in [3.05, 3.63) is 224 Å². The van der Waals surface area contributed by atoms with Crippen molar-refractivity contribution in [1.82, 2.24) is 0 Å². The van der Waals surface area contributed by atoms with Gasteiger partial charge in [0.1, 0.15) is 0 Å². The number of fused-ring (bicyclic) bond motifs is 1. The summed E-state index contributed by atoms with van der Waals surface area (Å²) in [5, 5.41) is 2.43. The summed E-state index contributed by atoms with van der Waals surface area (Å²) in [4.78, 5) is 2.42. The molecular weight excluding hydrogens is 639 g/mol. The van der Waals surface area contributed by atoms with Crippen molar-refractivity contribution in [2.45, 2.75) is 0 Å². The Labute approximate surface area is 311 Å². The van der Waals surface area contributed by atoms with Crippen molar-refractivity contribution in [3.63, 3.8) is 0 Å². The fourth-order valence-corrected chi connectivity index (χ4v) is 7.57. The van der Waals surface area contributed by atoms with Gasteiger partial charge in [-0.2, -0.15) is 0 Å². The summed E-state index contributed by atoms with van der Waals surface area (Å²) in [6, 6.07) is 80.9. The summed E-state index contributed by atoms with van der Waals surface area (Å²) in [5.74, 6) is 0. The van der Waals surface area contributed by atoms with Crippen molar-refractivity contribution in [3.8, 4) is 55.6 Å². The average Bonchev–Trinajstić information content (AvgIpc) is 3.25. The molecule has 0 saturated heterocycles. The number of rotatable bonds is 8. The zero-order valence-electron chi connectivity index (χ0n) is 29.3. The van der Waals surface area contributed by atoms with Crippen molar-refractivity contribution in [2.75, 3.05) is 4.90 Å². The second-order valence-corrected chi connectivity index (χ2v) is 13.3. The van der Waals surface area contributed by atoms with Crippen molar-refractivity contribution in [1.29, 1.82) is 0 Å². The molecule has 0 aliphatic rings. The fourth-order valence-electron chi connectivity index (χ4n) is 7.57. The van der Waals surface area contributed by atoms with Gasteiger partial charge in [0, 0.05) is 16.9 Å². The number of anilines is 3. The topological polar surface area (TPSA) is 3.24 Å². The monoisotopic (exact) mass is 675 g/mol. The van der Waals surface area contributed by atoms with Crippen LogP contribution in [0.3, 0.4) is 0 Å². The van der Waals surface area contributed by atoms with E-state index in [-0.39, 0.29) is 0 Å². The van der Waals surface area contributed by atoms with Gasteiger partial charge in [-0.05, 0) is 91.2 Å². The molecule has 9 rings (SSSR count). The van der Waals surface area contributed by atoms with E-state index in [1.165, 1.54) is 60.8 Å². The van der Waals surface area contributed by atoms with E-state index in [4.69, 9.17) is 0 Å². The third-order valence-corrected chi connectivity index (χ3v) is 10.1. The highest BCUT2D eigenvalue weighted by molar-refractivity contribution is 6.03. The molecule has 0 aromatic heterocycles. The van der Waals surface area contributed by atoms with Gasteiger partial charge in [-0.3, -0.25) is 0 Å². The molecule has 1 heteroatoms. The molecule has 0 N–H and O–H groups in total. The number of para-hydroxylation sites is 1. The van der Waals surface area contributed by atoms with Crippen LogP contribution in [-0.2, 0) is 0 Å². The van der Waals surface area contributed by atoms with Crippen LogP contribution < -0.4 is 4.90 Å². The molecule has 0 fully saturated rings. The summed E-state index contributed by atoms with van der Waals surface area (Å²) in [7, 11) is 0. The van der Waals surface area contributed by atoms with Crippen LogP contribution in [-0.4, -0.2) is 0 Å². The van der Waals surface area contributed by atoms with Gasteiger partial charge >= 0.3 is 0 Å². The molecule has 9 aromatic rings. The minimum absolute atomic E-state index is 1.10. The molecule has 0 heterocycles. The number of benzene rings is 9. The maximum Gasteiger partial charge on any atom is 0.0540 e. The average molecular weight is 676 g/mol. The molecule has 0 aliphatic carbocycles. The molecule has 0 atom stereocenters. The number of nitrogens with zero attached hydrogens (tertiary/aromatic N) is 1. The van der Waals surface area contributed by atoms with Gasteiger partial charge in [0.2, 0.25) is 0 Å². The Balaban J connectivity index is 1.30. The Kier molecular flexibility index (Phi) is 8.66. The summed E-state index contributed by atoms with van der Waals surface area (Å²) in [6.45, 7) is 0. The molecule has 0 aliphatic heterocycles. The van der Waals surface area contributed by atoms with E-state index >= 15 is 0 Å². The molecule has 0 unspecified atom stereocenters. The summed E-state index contributed by atoms with van der Waals surface area (Å²) in [5.41, 5.74) is 15.2. The quantitative estimate of drug-likeness (QED) is 0.155. The standard InChI is InChI=1S/C52H37N/c1-4-17-38(18-5-1)40-31-34-44(35-32-40)53(45-36-33-39-19-10-11-24-43(39)37-45)51-30-15-14-26-48(51)50-29-16-28-47(42-22-8-3-9-23-42)52(50)49-27-13-12-25-46(49)41-20-6-2-7-21-41/h1-37H. The van der Waals surface area contributed by atoms with Gasteiger partial charge in [-0.15, -0.1) is 0 Å². The Hall–Kier alpha value is -6.96. The SMILES string of the molecule is c1ccc(-c2ccc(N(c3ccc4ccccc4c3)c3ccccc3-c3cccc(-c4ccccc4)c3-c3ccccc3-c3ccccc3)cc2)cc1. The van der Waals surface area contributed by atoms with Crippen LogP contribution in [0.4, 0.5) is 17.1 Å². The first-order valence-electron chi connectivity index (χ1n) is 18.2. The van der Waals surface area contributed by atoms with E-state index in [1.54, 1.807) is 0 Å². The number of hydrogen-bond acceptors (Lipinski definition) is 1. The van der Waals surface area contributed by atoms with Crippen LogP contribution in [0.1, 0.15) is 0 Å². The Morgan fingerprint density at radius 2 is 0.717 bits per heavy atom. The molecular formula is C52H37N. The van der Waals surface area contributed by atoms with Gasteiger partial charge < -0.3 is 4.90 Å². The first-order valence-corrected chi connectivity index (χ1v) is 18.2. The van der Waals surface area contributed by atoms with E-state index in [9.17, 15) is 0 Å². The van der Waals surface area contributed by atoms with Crippen LogP contribution >= 0.6 is 0 Å². The summed E-state index contributed by atoms with van der Waals surface area (Å²) < 4.78 is 0. The van der Waals surface area contributed by atoms with Crippen LogP contribution in [0.25, 0.3) is 66.4 Å².